The summed E-state index contributed by atoms with van der Waals surface area (Å²) in [6.07, 6.45) is 1.19. The third-order valence-electron chi connectivity index (χ3n) is 2.47. The maximum absolute atomic E-state index is 11.3. The number of carbonyl (C=O) groups excluding carboxylic acids is 1. The second kappa shape index (κ2) is 7.18. The van der Waals surface area contributed by atoms with E-state index in [1.165, 1.54) is 30.3 Å². The van der Waals surface area contributed by atoms with Crippen molar-refractivity contribution in [1.82, 2.24) is 5.32 Å². The molecule has 0 unspecified atom stereocenters. The van der Waals surface area contributed by atoms with Crippen molar-refractivity contribution in [1.29, 1.82) is 0 Å². The molecule has 0 heterocycles. The minimum Gasteiger partial charge on any atom is -0.508 e. The molecule has 0 spiro atoms. The van der Waals surface area contributed by atoms with Crippen LogP contribution in [0.1, 0.15) is 25.5 Å². The van der Waals surface area contributed by atoms with Crippen LogP contribution in [0.2, 0.25) is 0 Å². The van der Waals surface area contributed by atoms with E-state index in [4.69, 9.17) is 4.74 Å². The smallest absolute Gasteiger partial charge is 0.332 e. The molecule has 0 aromatic heterocycles. The minimum absolute atomic E-state index is 0.0525. The van der Waals surface area contributed by atoms with E-state index >= 15 is 0 Å². The lowest BCUT2D eigenvalue weighted by Crippen LogP contribution is -2.27. The molecular weight excluding hydrogens is 262 g/mol. The quantitative estimate of drug-likeness (QED) is 0.540. The molecule has 0 bridgehead atoms. The van der Waals surface area contributed by atoms with Crippen LogP contribution >= 0.6 is 0 Å². The molecule has 0 saturated heterocycles. The number of hydrogen-bond donors (Lipinski definition) is 3. The average Bonchev–Trinajstić information content (AvgIpc) is 2.37. The molecule has 6 heteroatoms. The molecule has 0 radical (unpaired) electrons. The molecule has 0 amide bonds. The van der Waals surface area contributed by atoms with Crippen molar-refractivity contribution in [2.45, 2.75) is 19.9 Å². The Morgan fingerprint density at radius 3 is 2.45 bits per heavy atom. The number of benzene rings is 1. The molecule has 3 N–H and O–H groups in total. The third-order valence-corrected chi connectivity index (χ3v) is 2.47. The SMILES string of the molecule is CCOC(=O)/C=C(/C)N[C@@H](C(=O)O)c1ccc(O)cc1. The Hall–Kier alpha value is -2.50. The number of aromatic hydroxyl groups is 1. The lowest BCUT2D eigenvalue weighted by molar-refractivity contribution is -0.140. The largest absolute Gasteiger partial charge is 0.508 e. The van der Waals surface area contributed by atoms with E-state index in [1.54, 1.807) is 13.8 Å². The molecule has 0 aliphatic carbocycles. The van der Waals surface area contributed by atoms with Crippen molar-refractivity contribution >= 4 is 11.9 Å². The van der Waals surface area contributed by atoms with E-state index in [2.05, 4.69) is 5.32 Å². The van der Waals surface area contributed by atoms with Crippen LogP contribution in [0.4, 0.5) is 0 Å². The van der Waals surface area contributed by atoms with Crippen LogP contribution < -0.4 is 5.32 Å². The zero-order chi connectivity index (χ0) is 15.1. The summed E-state index contributed by atoms with van der Waals surface area (Å²) in [6.45, 7) is 3.52. The lowest BCUT2D eigenvalue weighted by Gasteiger charge is -2.16. The van der Waals surface area contributed by atoms with Crippen LogP contribution in [0.5, 0.6) is 5.75 Å². The molecule has 0 aliphatic rings. The summed E-state index contributed by atoms with van der Waals surface area (Å²) in [6, 6.07) is 4.79. The number of carboxylic acid groups (broad SMARTS) is 1. The van der Waals surface area contributed by atoms with E-state index < -0.39 is 18.0 Å². The van der Waals surface area contributed by atoms with E-state index in [0.717, 1.165) is 0 Å². The molecule has 6 nitrogen and oxygen atoms in total. The topological polar surface area (TPSA) is 95.9 Å². The van der Waals surface area contributed by atoms with Gasteiger partial charge in [0.05, 0.1) is 6.61 Å². The first-order valence-corrected chi connectivity index (χ1v) is 6.07. The maximum atomic E-state index is 11.3. The van der Waals surface area contributed by atoms with Gasteiger partial charge >= 0.3 is 11.9 Å². The van der Waals surface area contributed by atoms with Crippen LogP contribution in [-0.4, -0.2) is 28.8 Å². The number of carboxylic acids is 1. The lowest BCUT2D eigenvalue weighted by atomic mass is 10.1. The van der Waals surface area contributed by atoms with Crippen LogP contribution in [0.3, 0.4) is 0 Å². The van der Waals surface area contributed by atoms with Gasteiger partial charge in [-0.25, -0.2) is 9.59 Å². The summed E-state index contributed by atoms with van der Waals surface area (Å²) in [4.78, 5) is 22.5. The fourth-order valence-corrected chi connectivity index (χ4v) is 1.58. The summed E-state index contributed by atoms with van der Waals surface area (Å²) >= 11 is 0. The second-order valence-electron chi connectivity index (χ2n) is 4.09. The first kappa shape index (κ1) is 15.6. The zero-order valence-electron chi connectivity index (χ0n) is 11.3. The Labute approximate surface area is 116 Å². The molecule has 0 aliphatic heterocycles. The number of allylic oxidation sites excluding steroid dienone is 1. The van der Waals surface area contributed by atoms with Crippen molar-refractivity contribution in [3.63, 3.8) is 0 Å². The molecule has 1 rings (SSSR count). The Morgan fingerprint density at radius 2 is 1.95 bits per heavy atom. The molecule has 108 valence electrons. The van der Waals surface area contributed by atoms with Gasteiger partial charge in [-0.3, -0.25) is 0 Å². The maximum Gasteiger partial charge on any atom is 0.332 e. The summed E-state index contributed by atoms with van der Waals surface area (Å²) in [5, 5.41) is 21.1. The summed E-state index contributed by atoms with van der Waals surface area (Å²) < 4.78 is 4.74. The van der Waals surface area contributed by atoms with Crippen molar-refractivity contribution in [3.05, 3.63) is 41.6 Å². The Kier molecular flexibility index (Phi) is 5.58. The number of phenolic OH excluding ortho intramolecular Hbond substituents is 1. The van der Waals surface area contributed by atoms with E-state index in [0.29, 0.717) is 11.3 Å². The predicted octanol–water partition coefficient (Wildman–Crippen LogP) is 1.57. The van der Waals surface area contributed by atoms with Crippen molar-refractivity contribution in [3.8, 4) is 5.75 Å². The molecular formula is C14H17NO5. The number of rotatable bonds is 6. The van der Waals surface area contributed by atoms with Gasteiger partial charge in [0.15, 0.2) is 0 Å². The van der Waals surface area contributed by atoms with E-state index in [9.17, 15) is 19.8 Å². The van der Waals surface area contributed by atoms with Crippen molar-refractivity contribution in [2.75, 3.05) is 6.61 Å². The average molecular weight is 279 g/mol. The van der Waals surface area contributed by atoms with Crippen molar-refractivity contribution < 1.29 is 24.5 Å². The van der Waals surface area contributed by atoms with Crippen LogP contribution in [-0.2, 0) is 14.3 Å². The molecule has 1 atom stereocenters. The standard InChI is InChI=1S/C14H17NO5/c1-3-20-12(17)8-9(2)15-13(14(18)19)10-4-6-11(16)7-5-10/h4-8,13,15-16H,3H2,1-2H3,(H,18,19)/b9-8-/t13-/m1/s1. The fourth-order valence-electron chi connectivity index (χ4n) is 1.58. The van der Waals surface area contributed by atoms with E-state index in [1.807, 2.05) is 0 Å². The molecule has 0 saturated carbocycles. The highest BCUT2D eigenvalue weighted by Gasteiger charge is 2.19. The highest BCUT2D eigenvalue weighted by atomic mass is 16.5. The summed E-state index contributed by atoms with van der Waals surface area (Å²) in [5.74, 6) is -1.57. The number of esters is 1. The van der Waals surface area contributed by atoms with Gasteiger partial charge in [-0.05, 0) is 31.5 Å². The zero-order valence-corrected chi connectivity index (χ0v) is 11.3. The minimum atomic E-state index is -1.09. The Balaban J connectivity index is 2.85. The number of carbonyl (C=O) groups is 2. The third kappa shape index (κ3) is 4.64. The van der Waals surface area contributed by atoms with Crippen LogP contribution in [0, 0.1) is 0 Å². The molecule has 0 fully saturated rings. The van der Waals surface area contributed by atoms with Gasteiger partial charge in [0.25, 0.3) is 0 Å². The van der Waals surface area contributed by atoms with E-state index in [-0.39, 0.29) is 12.4 Å². The number of nitrogens with one attached hydrogen (secondary N) is 1. The van der Waals surface area contributed by atoms with Gasteiger partial charge in [-0.2, -0.15) is 0 Å². The predicted molar refractivity (Wildman–Crippen MR) is 72.0 cm³/mol. The van der Waals surface area contributed by atoms with Gasteiger partial charge in [0.2, 0.25) is 0 Å². The monoisotopic (exact) mass is 279 g/mol. The molecule has 1 aromatic carbocycles. The van der Waals surface area contributed by atoms with Gasteiger partial charge in [-0.1, -0.05) is 12.1 Å². The highest BCUT2D eigenvalue weighted by Crippen LogP contribution is 2.18. The highest BCUT2D eigenvalue weighted by molar-refractivity contribution is 5.83. The van der Waals surface area contributed by atoms with Gasteiger partial charge < -0.3 is 20.3 Å². The normalized spacial score (nSPS) is 12.6. The first-order valence-electron chi connectivity index (χ1n) is 6.07. The number of aliphatic carboxylic acids is 1. The summed E-state index contributed by atoms with van der Waals surface area (Å²) in [7, 11) is 0. The Morgan fingerprint density at radius 1 is 1.35 bits per heavy atom. The number of hydrogen-bond acceptors (Lipinski definition) is 5. The van der Waals surface area contributed by atoms with Gasteiger partial charge in [-0.15, -0.1) is 0 Å². The number of phenols is 1. The van der Waals surface area contributed by atoms with Gasteiger partial charge in [0, 0.05) is 11.8 Å². The van der Waals surface area contributed by atoms with Crippen molar-refractivity contribution in [2.24, 2.45) is 0 Å². The Bertz CT molecular complexity index is 507. The molecule has 20 heavy (non-hydrogen) atoms. The fraction of sp³-hybridized carbons (Fsp3) is 0.286. The second-order valence-corrected chi connectivity index (χ2v) is 4.09. The van der Waals surface area contributed by atoms with Crippen LogP contribution in [0.25, 0.3) is 0 Å². The van der Waals surface area contributed by atoms with Crippen LogP contribution in [0.15, 0.2) is 36.0 Å². The summed E-state index contributed by atoms with van der Waals surface area (Å²) in [5.41, 5.74) is 0.843. The first-order chi connectivity index (χ1) is 9.43. The number of ether oxygens (including phenoxy) is 1. The van der Waals surface area contributed by atoms with Gasteiger partial charge in [0.1, 0.15) is 11.8 Å². The molecule has 1 aromatic rings.